The molecule has 4 heteroatoms. The Kier molecular flexibility index (Phi) is 142. The minimum atomic E-state index is 0. The van der Waals surface area contributed by atoms with E-state index in [0.29, 0.717) is 0 Å². The van der Waals surface area contributed by atoms with Crippen molar-refractivity contribution in [3.05, 3.63) is 0 Å². The Morgan fingerprint density at radius 1 is 1.00 bits per heavy atom. The monoisotopic (exact) mass is 394 g/mol. The van der Waals surface area contributed by atoms with Gasteiger partial charge in [0.15, 0.2) is 17.4 Å². The fourth-order valence-corrected chi connectivity index (χ4v) is 0. The van der Waals surface area contributed by atoms with E-state index in [2.05, 4.69) is 0 Å². The summed E-state index contributed by atoms with van der Waals surface area (Å²) in [5.41, 5.74) is 0. The van der Waals surface area contributed by atoms with Crippen molar-refractivity contribution in [2.24, 2.45) is 0 Å². The van der Waals surface area contributed by atoms with Gasteiger partial charge in [-0.1, -0.05) is 0 Å². The van der Waals surface area contributed by atoms with Crippen molar-refractivity contribution >= 4 is 79.5 Å². The molecular weight excluding hydrogens is 381 g/mol. The summed E-state index contributed by atoms with van der Waals surface area (Å²) in [6, 6.07) is 0. The Hall–Kier alpha value is 2.47. The van der Waals surface area contributed by atoms with Gasteiger partial charge < -0.3 is 0 Å². The molecule has 0 aliphatic carbocycles. The molecule has 4 radical (unpaired) electrons. The fourth-order valence-electron chi connectivity index (χ4n) is 0. The second kappa shape index (κ2) is 17.9. The summed E-state index contributed by atoms with van der Waals surface area (Å²) in [5, 5.41) is 0. The van der Waals surface area contributed by atoms with Crippen LogP contribution in [0.2, 0.25) is 0 Å². The van der Waals surface area contributed by atoms with Crippen LogP contribution in [0.5, 0.6) is 0 Å². The summed E-state index contributed by atoms with van der Waals surface area (Å²) < 4.78 is 0. The number of hydrogen-bond donors (Lipinski definition) is 0. The van der Waals surface area contributed by atoms with E-state index in [1.807, 2.05) is 0 Å². The molecule has 26 valence electrons. The molecule has 0 rings (SSSR count). The third-order valence-corrected chi connectivity index (χ3v) is 0. The van der Waals surface area contributed by atoms with E-state index in [0.717, 1.165) is 0 Å². The summed E-state index contributed by atoms with van der Waals surface area (Å²) in [4.78, 5) is 0. The molecule has 0 bridgehead atoms. The molecule has 0 N–H and O–H groups in total. The molecule has 0 aromatic carbocycles. The van der Waals surface area contributed by atoms with Gasteiger partial charge in [-0.05, 0) is 11.0 Å². The van der Waals surface area contributed by atoms with Crippen LogP contribution < -0.4 is 0 Å². The van der Waals surface area contributed by atoms with Gasteiger partial charge in [0, 0.05) is 0 Å². The van der Waals surface area contributed by atoms with Crippen molar-refractivity contribution in [2.75, 3.05) is 0 Å². The predicted molar refractivity (Wildman–Crippen MR) is 38.4 cm³/mol. The van der Waals surface area contributed by atoms with Gasteiger partial charge in [0.25, 0.3) is 0 Å². The van der Waals surface area contributed by atoms with Crippen molar-refractivity contribution in [2.45, 2.75) is 0 Å². The first-order valence-electron chi connectivity index (χ1n) is 0. The molecule has 4 heavy (non-hydrogen) atoms. The van der Waals surface area contributed by atoms with Crippen molar-refractivity contribution in [1.29, 1.82) is 0 Å². The third-order valence-electron chi connectivity index (χ3n) is 0. The predicted octanol–water partition coefficient (Wildman–Crippen LogP) is -4.47. The van der Waals surface area contributed by atoms with Crippen LogP contribution in [-0.2, 0) is 0 Å². The van der Waals surface area contributed by atoms with Crippen LogP contribution in [-0.4, -0.2) is 79.5 Å². The summed E-state index contributed by atoms with van der Waals surface area (Å²) in [7, 11) is 0. The normalized spacial score (nSPS) is 0. The molecule has 0 heterocycles. The van der Waals surface area contributed by atoms with E-state index < -0.39 is 0 Å². The summed E-state index contributed by atoms with van der Waals surface area (Å²) in [6.07, 6.45) is 0. The first-order valence-corrected chi connectivity index (χ1v) is 0. The SMILES string of the molecule is [AlH3].[PbH2].[SiH4].[SnH2]. The van der Waals surface area contributed by atoms with Crippen molar-refractivity contribution in [3.63, 3.8) is 0 Å². The Bertz CT molecular complexity index is 8.00. The van der Waals surface area contributed by atoms with Crippen LogP contribution in [0.25, 0.3) is 0 Å². The van der Waals surface area contributed by atoms with E-state index in [-0.39, 0.29) is 79.5 Å². The van der Waals surface area contributed by atoms with Gasteiger partial charge in [-0.2, -0.15) is 0 Å². The molecule has 0 amide bonds. The second-order valence-electron chi connectivity index (χ2n) is 0. The van der Waals surface area contributed by atoms with Gasteiger partial charge in [-0.25, -0.2) is 0 Å². The summed E-state index contributed by atoms with van der Waals surface area (Å²) >= 11 is 0. The fraction of sp³-hybridized carbons (Fsp3) is 0. The van der Waals surface area contributed by atoms with Gasteiger partial charge in [0.1, 0.15) is 0 Å². The van der Waals surface area contributed by atoms with Gasteiger partial charge in [-0.15, -0.1) is 0 Å². The van der Waals surface area contributed by atoms with Crippen LogP contribution >= 0.6 is 0 Å². The zero-order valence-corrected chi connectivity index (χ0v) is 10.9. The number of hydrogen-bond acceptors (Lipinski definition) is 0. The zero-order chi connectivity index (χ0) is 0. The maximum absolute atomic E-state index is 0. The quantitative estimate of drug-likeness (QED) is 0.365. The molecule has 0 aromatic rings. The molecule has 0 nitrogen and oxygen atoms in total. The molecule has 0 aliphatic rings. The minimum absolute atomic E-state index is 0. The van der Waals surface area contributed by atoms with E-state index >= 15 is 0 Å². The third kappa shape index (κ3) is 8.82. The van der Waals surface area contributed by atoms with Gasteiger partial charge >= 0.3 is 51.2 Å². The molecule has 0 saturated heterocycles. The molecule has 0 aromatic heterocycles. The van der Waals surface area contributed by atoms with Crippen molar-refractivity contribution < 1.29 is 0 Å². The molecule has 0 atom stereocenters. The second-order valence-corrected chi connectivity index (χ2v) is 0. The van der Waals surface area contributed by atoms with E-state index in [1.165, 1.54) is 0 Å². The van der Waals surface area contributed by atoms with Gasteiger partial charge in [-0.3, -0.25) is 0 Å². The molecule has 0 spiro atoms. The molecule has 0 unspecified atom stereocenters. The summed E-state index contributed by atoms with van der Waals surface area (Å²) in [6.45, 7) is 0. The van der Waals surface area contributed by atoms with Crippen molar-refractivity contribution in [1.82, 2.24) is 0 Å². The Labute approximate surface area is 78.4 Å². The van der Waals surface area contributed by atoms with Crippen molar-refractivity contribution in [3.8, 4) is 0 Å². The van der Waals surface area contributed by atoms with Crippen LogP contribution in [0.1, 0.15) is 0 Å². The summed E-state index contributed by atoms with van der Waals surface area (Å²) in [5.74, 6) is 0. The Balaban J connectivity index is 0. The molecule has 0 saturated carbocycles. The Morgan fingerprint density at radius 3 is 1.00 bits per heavy atom. The van der Waals surface area contributed by atoms with E-state index in [1.54, 1.807) is 0 Å². The van der Waals surface area contributed by atoms with Crippen LogP contribution in [0.3, 0.4) is 0 Å². The van der Waals surface area contributed by atoms with Crippen LogP contribution in [0, 0.1) is 0 Å². The zero-order valence-electron chi connectivity index (χ0n) is 1.41. The van der Waals surface area contributed by atoms with Crippen LogP contribution in [0.4, 0.5) is 0 Å². The van der Waals surface area contributed by atoms with Gasteiger partial charge in [0.05, 0.1) is 0 Å². The topological polar surface area (TPSA) is 0 Å². The Morgan fingerprint density at radius 2 is 1.00 bits per heavy atom. The first-order chi connectivity index (χ1) is 0. The standard InChI is InChI=1S/Al.Pb.H4Si.Sn.7H/h;;1H4;;;;;;;;. The number of rotatable bonds is 0. The first kappa shape index (κ1) is 31.7. The maximum atomic E-state index is 0. The molecule has 0 fully saturated rings. The van der Waals surface area contributed by atoms with E-state index in [9.17, 15) is 0 Å². The molecular formula is H11AlPbSiSn. The average Bonchev–Trinajstić information content (AvgIpc) is 0. The van der Waals surface area contributed by atoms with E-state index in [4.69, 9.17) is 0 Å². The average molecular weight is 392 g/mol. The molecule has 0 aliphatic heterocycles. The van der Waals surface area contributed by atoms with Gasteiger partial charge in [0.2, 0.25) is 0 Å². The van der Waals surface area contributed by atoms with Crippen LogP contribution in [0.15, 0.2) is 0 Å².